The van der Waals surface area contributed by atoms with Crippen molar-refractivity contribution in [2.45, 2.75) is 38.1 Å². The van der Waals surface area contributed by atoms with Crippen LogP contribution in [-0.2, 0) is 6.54 Å². The van der Waals surface area contributed by atoms with Gasteiger partial charge in [0.2, 0.25) is 0 Å². The van der Waals surface area contributed by atoms with Gasteiger partial charge in [-0.25, -0.2) is 9.82 Å². The fourth-order valence-corrected chi connectivity index (χ4v) is 3.22. The molecule has 0 radical (unpaired) electrons. The van der Waals surface area contributed by atoms with Crippen molar-refractivity contribution < 1.29 is 4.39 Å². The second kappa shape index (κ2) is 5.04. The van der Waals surface area contributed by atoms with E-state index in [4.69, 9.17) is 0 Å². The van der Waals surface area contributed by atoms with Gasteiger partial charge < -0.3 is 10.7 Å². The van der Waals surface area contributed by atoms with Gasteiger partial charge in [-0.1, -0.05) is 12.8 Å². The fraction of sp³-hybridized carbons (Fsp3) is 0.400. The van der Waals surface area contributed by atoms with Gasteiger partial charge in [0.25, 0.3) is 0 Å². The summed E-state index contributed by atoms with van der Waals surface area (Å²) < 4.78 is 14.4. The summed E-state index contributed by atoms with van der Waals surface area (Å²) in [6.45, 7) is 0.491. The Morgan fingerprint density at radius 2 is 2.10 bits per heavy atom. The van der Waals surface area contributed by atoms with Crippen LogP contribution in [0.1, 0.15) is 42.9 Å². The van der Waals surface area contributed by atoms with Crippen LogP contribution in [0.2, 0.25) is 0 Å². The van der Waals surface area contributed by atoms with Crippen LogP contribution >= 0.6 is 0 Å². The highest BCUT2D eigenvalue weighted by molar-refractivity contribution is 5.66. The molecule has 5 nitrogen and oxygen atoms in total. The third kappa shape index (κ3) is 2.25. The van der Waals surface area contributed by atoms with Gasteiger partial charge in [0.1, 0.15) is 0 Å². The van der Waals surface area contributed by atoms with Crippen LogP contribution in [0.5, 0.6) is 0 Å². The summed E-state index contributed by atoms with van der Waals surface area (Å²) in [5, 5.41) is 10.4. The van der Waals surface area contributed by atoms with E-state index in [0.29, 0.717) is 29.5 Å². The number of rotatable bonds is 3. The minimum Gasteiger partial charge on any atom is -0.336 e. The van der Waals surface area contributed by atoms with E-state index >= 15 is 0 Å². The van der Waals surface area contributed by atoms with Gasteiger partial charge in [0.05, 0.1) is 11.4 Å². The van der Waals surface area contributed by atoms with Gasteiger partial charge in [-0.3, -0.25) is 5.10 Å². The molecule has 1 aliphatic heterocycles. The van der Waals surface area contributed by atoms with E-state index in [1.54, 1.807) is 6.07 Å². The number of anilines is 3. The maximum Gasteiger partial charge on any atom is 0.153 e. The number of hydrogen-bond donors (Lipinski definition) is 4. The molecule has 2 aromatic rings. The molecule has 0 spiro atoms. The number of hydrazine groups is 1. The molecule has 1 aliphatic carbocycles. The predicted octanol–water partition coefficient (Wildman–Crippen LogP) is 3.38. The smallest absolute Gasteiger partial charge is 0.153 e. The van der Waals surface area contributed by atoms with E-state index in [9.17, 15) is 4.39 Å². The third-order valence-electron chi connectivity index (χ3n) is 4.39. The van der Waals surface area contributed by atoms with E-state index in [0.717, 1.165) is 11.4 Å². The summed E-state index contributed by atoms with van der Waals surface area (Å²) in [5.41, 5.74) is 8.93. The molecule has 4 N–H and O–H groups in total. The molecule has 1 saturated carbocycles. The lowest BCUT2D eigenvalue weighted by atomic mass is 10.0. The summed E-state index contributed by atoms with van der Waals surface area (Å²) in [4.78, 5) is 0. The molecule has 0 amide bonds. The van der Waals surface area contributed by atoms with E-state index < -0.39 is 0 Å². The molecule has 21 heavy (non-hydrogen) atoms. The van der Waals surface area contributed by atoms with E-state index in [-0.39, 0.29) is 5.82 Å². The summed E-state index contributed by atoms with van der Waals surface area (Å²) in [6, 6.07) is 5.60. The maximum atomic E-state index is 14.4. The maximum absolute atomic E-state index is 14.4. The molecule has 6 heteroatoms. The highest BCUT2D eigenvalue weighted by Gasteiger charge is 2.20. The Labute approximate surface area is 122 Å². The van der Waals surface area contributed by atoms with Crippen LogP contribution in [0.3, 0.4) is 0 Å². The first-order valence-electron chi connectivity index (χ1n) is 7.44. The van der Waals surface area contributed by atoms with Crippen molar-refractivity contribution >= 4 is 17.2 Å². The molecule has 1 fully saturated rings. The van der Waals surface area contributed by atoms with Crippen LogP contribution in [0.15, 0.2) is 18.2 Å². The fourth-order valence-electron chi connectivity index (χ4n) is 3.22. The summed E-state index contributed by atoms with van der Waals surface area (Å²) >= 11 is 0. The lowest BCUT2D eigenvalue weighted by Crippen LogP contribution is -2.10. The number of nitrogens with one attached hydrogen (secondary N) is 4. The zero-order chi connectivity index (χ0) is 14.2. The van der Waals surface area contributed by atoms with Gasteiger partial charge in [-0.05, 0) is 25.0 Å². The van der Waals surface area contributed by atoms with E-state index in [1.807, 2.05) is 12.1 Å². The zero-order valence-electron chi connectivity index (χ0n) is 11.7. The van der Waals surface area contributed by atoms with E-state index in [2.05, 4.69) is 26.4 Å². The minimum absolute atomic E-state index is 0.226. The van der Waals surface area contributed by atoms with Crippen molar-refractivity contribution in [1.82, 2.24) is 15.6 Å². The monoisotopic (exact) mass is 287 g/mol. The summed E-state index contributed by atoms with van der Waals surface area (Å²) in [6.07, 6.45) is 5.00. The van der Waals surface area contributed by atoms with Crippen molar-refractivity contribution in [2.75, 3.05) is 10.7 Å². The van der Waals surface area contributed by atoms with Crippen LogP contribution in [-0.4, -0.2) is 10.2 Å². The Balaban J connectivity index is 1.56. The lowest BCUT2D eigenvalue weighted by molar-refractivity contribution is 0.614. The Morgan fingerprint density at radius 3 is 2.95 bits per heavy atom. The van der Waals surface area contributed by atoms with Crippen molar-refractivity contribution in [1.29, 1.82) is 0 Å². The molecule has 4 rings (SSSR count). The number of halogens is 1. The molecule has 1 aromatic carbocycles. The highest BCUT2D eigenvalue weighted by Crippen LogP contribution is 2.34. The lowest BCUT2D eigenvalue weighted by Gasteiger charge is -2.07. The molecule has 2 aliphatic rings. The standard InChI is InChI=1S/C15H18FN5/c16-15-10-8-17-19-11(10)5-6-12(15)18-14-7-13(20-21-14)9-3-1-2-4-9/h5-7,9,17,19H,1-4,8H2,(H2,18,20,21). The van der Waals surface area contributed by atoms with Crippen molar-refractivity contribution in [3.63, 3.8) is 0 Å². The van der Waals surface area contributed by atoms with Gasteiger partial charge in [-0.15, -0.1) is 0 Å². The molecule has 110 valence electrons. The quantitative estimate of drug-likeness (QED) is 0.699. The van der Waals surface area contributed by atoms with Crippen LogP contribution < -0.4 is 16.2 Å². The first-order valence-corrected chi connectivity index (χ1v) is 7.44. The average Bonchev–Trinajstić information content (AvgIpc) is 3.21. The highest BCUT2D eigenvalue weighted by atomic mass is 19.1. The predicted molar refractivity (Wildman–Crippen MR) is 79.9 cm³/mol. The molecular weight excluding hydrogens is 269 g/mol. The number of hydrogen-bond acceptors (Lipinski definition) is 4. The Bertz CT molecular complexity index is 660. The Morgan fingerprint density at radius 1 is 1.24 bits per heavy atom. The summed E-state index contributed by atoms with van der Waals surface area (Å²) in [5.74, 6) is 1.02. The minimum atomic E-state index is -0.226. The summed E-state index contributed by atoms with van der Waals surface area (Å²) in [7, 11) is 0. The average molecular weight is 287 g/mol. The first kappa shape index (κ1) is 12.6. The number of aromatic amines is 1. The molecular formula is C15H18FN5. The van der Waals surface area contributed by atoms with Gasteiger partial charge in [-0.2, -0.15) is 5.10 Å². The molecule has 0 atom stereocenters. The zero-order valence-corrected chi connectivity index (χ0v) is 11.7. The van der Waals surface area contributed by atoms with Crippen LogP contribution in [0.25, 0.3) is 0 Å². The molecule has 0 unspecified atom stereocenters. The van der Waals surface area contributed by atoms with Crippen molar-refractivity contribution in [3.05, 3.63) is 35.3 Å². The topological polar surface area (TPSA) is 64.8 Å². The van der Waals surface area contributed by atoms with Gasteiger partial charge >= 0.3 is 0 Å². The third-order valence-corrected chi connectivity index (χ3v) is 4.39. The molecule has 0 saturated heterocycles. The molecule has 0 bridgehead atoms. The number of benzene rings is 1. The van der Waals surface area contributed by atoms with Crippen molar-refractivity contribution in [3.8, 4) is 0 Å². The SMILES string of the molecule is Fc1c(Nc2cc(C3CCCC3)[nH]n2)ccc2c1CNN2. The number of fused-ring (bicyclic) bond motifs is 1. The van der Waals surface area contributed by atoms with Crippen LogP contribution in [0, 0.1) is 5.82 Å². The van der Waals surface area contributed by atoms with Gasteiger partial charge in [0, 0.05) is 29.8 Å². The largest absolute Gasteiger partial charge is 0.336 e. The van der Waals surface area contributed by atoms with Crippen molar-refractivity contribution in [2.24, 2.45) is 0 Å². The second-order valence-electron chi connectivity index (χ2n) is 5.75. The van der Waals surface area contributed by atoms with Crippen LogP contribution in [0.4, 0.5) is 21.6 Å². The second-order valence-corrected chi connectivity index (χ2v) is 5.75. The molecule has 2 heterocycles. The molecule has 1 aromatic heterocycles. The number of H-pyrrole nitrogens is 1. The Hall–Kier alpha value is -2.08. The number of nitrogens with zero attached hydrogens (tertiary/aromatic N) is 1. The first-order chi connectivity index (χ1) is 10.3. The normalized spacial score (nSPS) is 17.8. The number of aromatic nitrogens is 2. The Kier molecular flexibility index (Phi) is 3.03. The van der Waals surface area contributed by atoms with Gasteiger partial charge in [0.15, 0.2) is 11.6 Å². The van der Waals surface area contributed by atoms with E-state index in [1.165, 1.54) is 25.7 Å².